The molecule has 0 bridgehead atoms. The average molecular weight is 341 g/mol. The fourth-order valence-electron chi connectivity index (χ4n) is 2.04. The molecule has 0 saturated heterocycles. The predicted molar refractivity (Wildman–Crippen MR) is 82.8 cm³/mol. The van der Waals surface area contributed by atoms with Crippen LogP contribution in [0.3, 0.4) is 0 Å². The summed E-state index contributed by atoms with van der Waals surface area (Å²) in [5.74, 6) is 0.734. The van der Waals surface area contributed by atoms with Crippen molar-refractivity contribution in [2.75, 3.05) is 7.11 Å². The van der Waals surface area contributed by atoms with Crippen LogP contribution in [0, 0.1) is 0 Å². The molecule has 0 spiro atoms. The molecule has 0 fully saturated rings. The van der Waals surface area contributed by atoms with E-state index in [0.717, 1.165) is 21.3 Å². The lowest BCUT2D eigenvalue weighted by molar-refractivity contribution is 0.399. The second-order valence-electron chi connectivity index (χ2n) is 4.55. The third kappa shape index (κ3) is 2.94. The van der Waals surface area contributed by atoms with E-state index in [1.807, 2.05) is 43.3 Å². The summed E-state index contributed by atoms with van der Waals surface area (Å²) in [5.41, 5.74) is 7.69. The first kappa shape index (κ1) is 14.4. The maximum Gasteiger partial charge on any atom is 0.124 e. The highest BCUT2D eigenvalue weighted by Gasteiger charge is 2.27. The molecule has 2 aromatic rings. The molecule has 0 aromatic heterocycles. The van der Waals surface area contributed by atoms with E-state index in [1.165, 1.54) is 0 Å². The van der Waals surface area contributed by atoms with Gasteiger partial charge in [0.1, 0.15) is 5.75 Å². The molecule has 2 rings (SSSR count). The van der Waals surface area contributed by atoms with Gasteiger partial charge in [-0.1, -0.05) is 39.7 Å². The molecular weight excluding hydrogens is 326 g/mol. The van der Waals surface area contributed by atoms with E-state index in [0.29, 0.717) is 5.02 Å². The largest absolute Gasteiger partial charge is 0.496 e. The molecule has 0 heterocycles. The molecule has 4 heteroatoms. The van der Waals surface area contributed by atoms with E-state index in [4.69, 9.17) is 22.1 Å². The maximum absolute atomic E-state index is 6.50. The van der Waals surface area contributed by atoms with Crippen molar-refractivity contribution in [3.05, 3.63) is 63.1 Å². The number of methoxy groups -OCH3 is 1. The minimum absolute atomic E-state index is 0.643. The molecule has 1 atom stereocenters. The van der Waals surface area contributed by atoms with Gasteiger partial charge in [-0.25, -0.2) is 0 Å². The van der Waals surface area contributed by atoms with Crippen LogP contribution < -0.4 is 10.5 Å². The van der Waals surface area contributed by atoms with E-state index in [9.17, 15) is 0 Å². The van der Waals surface area contributed by atoms with Crippen LogP contribution in [0.5, 0.6) is 5.75 Å². The number of rotatable bonds is 3. The van der Waals surface area contributed by atoms with Gasteiger partial charge in [0.15, 0.2) is 0 Å². The molecule has 0 amide bonds. The standard InChI is InChI=1S/C15H15BrClNO/c1-15(18,10-3-5-11(16)6-4-10)13-9-12(17)7-8-14(13)19-2/h3-9H,18H2,1-2H3. The number of ether oxygens (including phenoxy) is 1. The summed E-state index contributed by atoms with van der Waals surface area (Å²) in [4.78, 5) is 0. The Hall–Kier alpha value is -1.03. The minimum atomic E-state index is -0.670. The lowest BCUT2D eigenvalue weighted by Gasteiger charge is -2.28. The second kappa shape index (κ2) is 5.53. The van der Waals surface area contributed by atoms with E-state index in [1.54, 1.807) is 13.2 Å². The Morgan fingerprint density at radius 2 is 1.79 bits per heavy atom. The second-order valence-corrected chi connectivity index (χ2v) is 5.91. The lowest BCUT2D eigenvalue weighted by Crippen LogP contribution is -2.34. The van der Waals surface area contributed by atoms with Crippen molar-refractivity contribution in [1.29, 1.82) is 0 Å². The Balaban J connectivity index is 2.55. The van der Waals surface area contributed by atoms with Crippen LogP contribution in [0.1, 0.15) is 18.1 Å². The van der Waals surface area contributed by atoms with Crippen molar-refractivity contribution in [2.45, 2.75) is 12.5 Å². The molecular formula is C15H15BrClNO. The van der Waals surface area contributed by atoms with E-state index in [2.05, 4.69) is 15.9 Å². The van der Waals surface area contributed by atoms with Crippen LogP contribution >= 0.6 is 27.5 Å². The first-order valence-electron chi connectivity index (χ1n) is 5.84. The molecule has 0 aliphatic rings. The normalized spacial score (nSPS) is 13.9. The van der Waals surface area contributed by atoms with Crippen LogP contribution in [0.25, 0.3) is 0 Å². The van der Waals surface area contributed by atoms with Crippen molar-refractivity contribution in [3.63, 3.8) is 0 Å². The van der Waals surface area contributed by atoms with Crippen molar-refractivity contribution in [1.82, 2.24) is 0 Å². The highest BCUT2D eigenvalue weighted by Crippen LogP contribution is 2.35. The molecule has 100 valence electrons. The van der Waals surface area contributed by atoms with Crippen molar-refractivity contribution in [3.8, 4) is 5.75 Å². The third-order valence-corrected chi connectivity index (χ3v) is 3.93. The summed E-state index contributed by atoms with van der Waals surface area (Å²) in [7, 11) is 1.63. The van der Waals surface area contributed by atoms with Crippen LogP contribution in [0.4, 0.5) is 0 Å². The van der Waals surface area contributed by atoms with Gasteiger partial charge in [0.2, 0.25) is 0 Å². The zero-order valence-electron chi connectivity index (χ0n) is 10.8. The number of benzene rings is 2. The molecule has 2 aromatic carbocycles. The highest BCUT2D eigenvalue weighted by atomic mass is 79.9. The molecule has 2 N–H and O–H groups in total. The van der Waals surface area contributed by atoms with Crippen LogP contribution in [-0.4, -0.2) is 7.11 Å². The first-order chi connectivity index (χ1) is 8.95. The SMILES string of the molecule is COc1ccc(Cl)cc1C(C)(N)c1ccc(Br)cc1. The number of halogens is 2. The maximum atomic E-state index is 6.50. The Bertz CT molecular complexity index is 581. The van der Waals surface area contributed by atoms with Crippen molar-refractivity contribution in [2.24, 2.45) is 5.73 Å². The number of nitrogens with two attached hydrogens (primary N) is 1. The zero-order chi connectivity index (χ0) is 14.0. The monoisotopic (exact) mass is 339 g/mol. The summed E-state index contributed by atoms with van der Waals surface area (Å²) in [6.45, 7) is 1.95. The Morgan fingerprint density at radius 1 is 1.16 bits per heavy atom. The van der Waals surface area contributed by atoms with Crippen LogP contribution in [-0.2, 0) is 5.54 Å². The zero-order valence-corrected chi connectivity index (χ0v) is 13.1. The molecule has 0 aliphatic heterocycles. The summed E-state index contributed by atoms with van der Waals surface area (Å²) >= 11 is 9.50. The van der Waals surface area contributed by atoms with Gasteiger partial charge in [0.05, 0.1) is 12.6 Å². The van der Waals surface area contributed by atoms with Crippen LogP contribution in [0.2, 0.25) is 5.02 Å². The molecule has 1 unspecified atom stereocenters. The van der Waals surface area contributed by atoms with Gasteiger partial charge in [-0.2, -0.15) is 0 Å². The smallest absolute Gasteiger partial charge is 0.124 e. The summed E-state index contributed by atoms with van der Waals surface area (Å²) in [6.07, 6.45) is 0. The average Bonchev–Trinajstić information content (AvgIpc) is 2.39. The Labute approximate surface area is 126 Å². The molecule has 19 heavy (non-hydrogen) atoms. The van der Waals surface area contributed by atoms with Gasteiger partial charge in [-0.15, -0.1) is 0 Å². The third-order valence-electron chi connectivity index (χ3n) is 3.16. The van der Waals surface area contributed by atoms with E-state index < -0.39 is 5.54 Å². The van der Waals surface area contributed by atoms with Gasteiger partial charge < -0.3 is 10.5 Å². The molecule has 0 saturated carbocycles. The van der Waals surface area contributed by atoms with E-state index >= 15 is 0 Å². The van der Waals surface area contributed by atoms with Gasteiger partial charge in [0, 0.05) is 15.1 Å². The van der Waals surface area contributed by atoms with Crippen molar-refractivity contribution < 1.29 is 4.74 Å². The highest BCUT2D eigenvalue weighted by molar-refractivity contribution is 9.10. The quantitative estimate of drug-likeness (QED) is 0.902. The number of hydrogen-bond donors (Lipinski definition) is 1. The number of hydrogen-bond acceptors (Lipinski definition) is 2. The van der Waals surface area contributed by atoms with Gasteiger partial charge >= 0.3 is 0 Å². The summed E-state index contributed by atoms with van der Waals surface area (Å²) in [6, 6.07) is 13.4. The summed E-state index contributed by atoms with van der Waals surface area (Å²) < 4.78 is 6.40. The topological polar surface area (TPSA) is 35.2 Å². The molecule has 2 nitrogen and oxygen atoms in total. The van der Waals surface area contributed by atoms with Gasteiger partial charge in [0.25, 0.3) is 0 Å². The van der Waals surface area contributed by atoms with Crippen LogP contribution in [0.15, 0.2) is 46.9 Å². The molecule has 0 radical (unpaired) electrons. The van der Waals surface area contributed by atoms with Gasteiger partial charge in [-0.3, -0.25) is 0 Å². The van der Waals surface area contributed by atoms with Crippen molar-refractivity contribution >= 4 is 27.5 Å². The Morgan fingerprint density at radius 3 is 2.37 bits per heavy atom. The first-order valence-corrected chi connectivity index (χ1v) is 7.01. The Kier molecular flexibility index (Phi) is 4.19. The summed E-state index contributed by atoms with van der Waals surface area (Å²) in [5, 5.41) is 0.643. The molecule has 0 aliphatic carbocycles. The van der Waals surface area contributed by atoms with E-state index in [-0.39, 0.29) is 0 Å². The minimum Gasteiger partial charge on any atom is -0.496 e. The predicted octanol–water partition coefficient (Wildman–Crippen LogP) is 4.33. The fourth-order valence-corrected chi connectivity index (χ4v) is 2.47. The lowest BCUT2D eigenvalue weighted by atomic mass is 9.85. The van der Waals surface area contributed by atoms with Gasteiger partial charge in [-0.05, 0) is 42.8 Å². The fraction of sp³-hybridized carbons (Fsp3) is 0.200.